The fraction of sp³-hybridized carbons (Fsp3) is 0.188. The van der Waals surface area contributed by atoms with Crippen molar-refractivity contribution in [3.05, 3.63) is 47.8 Å². The molecule has 0 spiro atoms. The number of nitrogens with one attached hydrogen (secondary N) is 2. The van der Waals surface area contributed by atoms with Gasteiger partial charge in [0.25, 0.3) is 5.91 Å². The van der Waals surface area contributed by atoms with Crippen LogP contribution in [0.1, 0.15) is 16.1 Å². The summed E-state index contributed by atoms with van der Waals surface area (Å²) in [5.41, 5.74) is 2.62. The Bertz CT molecular complexity index is 696. The Hall–Kier alpha value is -2.89. The molecule has 0 fully saturated rings. The van der Waals surface area contributed by atoms with Crippen molar-refractivity contribution in [2.24, 2.45) is 0 Å². The van der Waals surface area contributed by atoms with Gasteiger partial charge in [0, 0.05) is 18.8 Å². The first-order valence-corrected chi connectivity index (χ1v) is 6.76. The second kappa shape index (κ2) is 6.71. The Morgan fingerprint density at radius 2 is 1.86 bits per heavy atom. The molecule has 0 atom stereocenters. The predicted octanol–water partition coefficient (Wildman–Crippen LogP) is 1.24. The summed E-state index contributed by atoms with van der Waals surface area (Å²) in [4.78, 5) is 26.9. The number of carbonyl (C=O) groups is 2. The number of aryl methyl sites for hydroxylation is 1. The van der Waals surface area contributed by atoms with Crippen molar-refractivity contribution in [1.29, 1.82) is 0 Å². The normalized spacial score (nSPS) is 10.1. The summed E-state index contributed by atoms with van der Waals surface area (Å²) in [6.07, 6.45) is 1.51. The third-order valence-electron chi connectivity index (χ3n) is 3.16. The van der Waals surface area contributed by atoms with Crippen LogP contribution in [-0.4, -0.2) is 35.5 Å². The average Bonchev–Trinajstić information content (AvgIpc) is 2.52. The molecule has 6 heteroatoms. The lowest BCUT2D eigenvalue weighted by atomic mass is 10.1. The first-order valence-electron chi connectivity index (χ1n) is 6.76. The van der Waals surface area contributed by atoms with Crippen molar-refractivity contribution >= 4 is 11.8 Å². The van der Waals surface area contributed by atoms with Gasteiger partial charge < -0.3 is 15.7 Å². The van der Waals surface area contributed by atoms with Crippen molar-refractivity contribution in [2.75, 3.05) is 13.6 Å². The van der Waals surface area contributed by atoms with Gasteiger partial charge in [-0.3, -0.25) is 9.59 Å². The number of amides is 2. The van der Waals surface area contributed by atoms with Crippen LogP contribution in [0.25, 0.3) is 11.1 Å². The van der Waals surface area contributed by atoms with Gasteiger partial charge in [-0.15, -0.1) is 0 Å². The maximum atomic E-state index is 11.9. The van der Waals surface area contributed by atoms with Crippen molar-refractivity contribution in [3.63, 3.8) is 0 Å². The average molecular weight is 299 g/mol. The number of pyridine rings is 1. The number of hydrogen-bond donors (Lipinski definition) is 3. The maximum absolute atomic E-state index is 11.9. The highest BCUT2D eigenvalue weighted by Gasteiger charge is 2.14. The van der Waals surface area contributed by atoms with Crippen LogP contribution in [0.2, 0.25) is 0 Å². The third kappa shape index (κ3) is 3.60. The van der Waals surface area contributed by atoms with Crippen LogP contribution in [0.15, 0.2) is 36.5 Å². The number of benzene rings is 1. The highest BCUT2D eigenvalue weighted by atomic mass is 16.3. The molecule has 0 radical (unpaired) electrons. The van der Waals surface area contributed by atoms with E-state index in [-0.39, 0.29) is 23.9 Å². The first kappa shape index (κ1) is 15.5. The van der Waals surface area contributed by atoms with Crippen LogP contribution >= 0.6 is 0 Å². The van der Waals surface area contributed by atoms with Gasteiger partial charge in [-0.2, -0.15) is 0 Å². The van der Waals surface area contributed by atoms with Crippen molar-refractivity contribution in [2.45, 2.75) is 6.92 Å². The van der Waals surface area contributed by atoms with E-state index in [0.29, 0.717) is 5.56 Å². The molecule has 2 aromatic rings. The molecule has 2 amide bonds. The number of hydrogen-bond acceptors (Lipinski definition) is 4. The first-order chi connectivity index (χ1) is 10.5. The van der Waals surface area contributed by atoms with E-state index in [4.69, 9.17) is 0 Å². The minimum atomic E-state index is -0.600. The fourth-order valence-electron chi connectivity index (χ4n) is 1.86. The highest BCUT2D eigenvalue weighted by Crippen LogP contribution is 2.24. The molecule has 0 aliphatic carbocycles. The lowest BCUT2D eigenvalue weighted by molar-refractivity contribution is -0.119. The number of rotatable bonds is 4. The summed E-state index contributed by atoms with van der Waals surface area (Å²) in [7, 11) is 1.47. The predicted molar refractivity (Wildman–Crippen MR) is 82.5 cm³/mol. The summed E-state index contributed by atoms with van der Waals surface area (Å²) in [6.45, 7) is 1.82. The van der Waals surface area contributed by atoms with Crippen LogP contribution in [0.5, 0.6) is 5.75 Å². The van der Waals surface area contributed by atoms with Crippen LogP contribution in [0.4, 0.5) is 0 Å². The molecular weight excluding hydrogens is 282 g/mol. The van der Waals surface area contributed by atoms with Crippen molar-refractivity contribution < 1.29 is 14.7 Å². The van der Waals surface area contributed by atoms with Gasteiger partial charge in [0.15, 0.2) is 5.69 Å². The second-order valence-electron chi connectivity index (χ2n) is 4.81. The van der Waals surface area contributed by atoms with Crippen molar-refractivity contribution in [1.82, 2.24) is 15.6 Å². The minimum Gasteiger partial charge on any atom is -0.505 e. The molecule has 0 bridgehead atoms. The van der Waals surface area contributed by atoms with Crippen LogP contribution in [0, 0.1) is 6.92 Å². The van der Waals surface area contributed by atoms with Gasteiger partial charge in [-0.05, 0) is 18.6 Å². The van der Waals surface area contributed by atoms with Crippen LogP contribution < -0.4 is 10.6 Å². The molecule has 0 aliphatic rings. The van der Waals surface area contributed by atoms with E-state index < -0.39 is 5.91 Å². The molecule has 0 saturated heterocycles. The summed E-state index contributed by atoms with van der Waals surface area (Å²) >= 11 is 0. The second-order valence-corrected chi connectivity index (χ2v) is 4.81. The third-order valence-corrected chi connectivity index (χ3v) is 3.16. The van der Waals surface area contributed by atoms with Gasteiger partial charge >= 0.3 is 0 Å². The Labute approximate surface area is 128 Å². The van der Waals surface area contributed by atoms with Gasteiger partial charge in [-0.1, -0.05) is 29.8 Å². The molecule has 2 rings (SSSR count). The maximum Gasteiger partial charge on any atom is 0.274 e. The fourth-order valence-corrected chi connectivity index (χ4v) is 1.86. The SMILES string of the molecule is CNC(=O)CNC(=O)c1ncc(-c2ccc(C)cc2)cc1O. The zero-order valence-electron chi connectivity index (χ0n) is 12.4. The van der Waals surface area contributed by atoms with Gasteiger partial charge in [-0.25, -0.2) is 4.98 Å². The van der Waals surface area contributed by atoms with E-state index in [9.17, 15) is 14.7 Å². The Kier molecular flexibility index (Phi) is 4.73. The molecule has 114 valence electrons. The highest BCUT2D eigenvalue weighted by molar-refractivity contribution is 5.97. The minimum absolute atomic E-state index is 0.111. The van der Waals surface area contributed by atoms with E-state index >= 15 is 0 Å². The Balaban J connectivity index is 2.17. The van der Waals surface area contributed by atoms with Gasteiger partial charge in [0.05, 0.1) is 6.54 Å². The molecule has 1 heterocycles. The van der Waals surface area contributed by atoms with Crippen LogP contribution in [-0.2, 0) is 4.79 Å². The Morgan fingerprint density at radius 3 is 2.45 bits per heavy atom. The van der Waals surface area contributed by atoms with E-state index in [1.165, 1.54) is 19.3 Å². The smallest absolute Gasteiger partial charge is 0.274 e. The summed E-state index contributed by atoms with van der Waals surface area (Å²) in [5, 5.41) is 14.7. The molecular formula is C16H17N3O3. The zero-order chi connectivity index (χ0) is 16.1. The molecule has 0 unspecified atom stereocenters. The summed E-state index contributed by atoms with van der Waals surface area (Å²) in [5.74, 6) is -1.16. The molecule has 1 aromatic carbocycles. The molecule has 0 saturated carbocycles. The number of likely N-dealkylation sites (N-methyl/N-ethyl adjacent to an activating group) is 1. The quantitative estimate of drug-likeness (QED) is 0.792. The van der Waals surface area contributed by atoms with E-state index in [0.717, 1.165) is 11.1 Å². The van der Waals surface area contributed by atoms with Crippen molar-refractivity contribution in [3.8, 4) is 16.9 Å². The number of aromatic nitrogens is 1. The van der Waals surface area contributed by atoms with Gasteiger partial charge in [0.1, 0.15) is 5.75 Å². The molecule has 22 heavy (non-hydrogen) atoms. The lowest BCUT2D eigenvalue weighted by Gasteiger charge is -2.08. The number of aromatic hydroxyl groups is 1. The standard InChI is InChI=1S/C16H17N3O3/c1-10-3-5-11(6-4-10)12-7-13(20)15(18-8-12)16(22)19-9-14(21)17-2/h3-8,20H,9H2,1-2H3,(H,17,21)(H,19,22). The lowest BCUT2D eigenvalue weighted by Crippen LogP contribution is -2.35. The summed E-state index contributed by atoms with van der Waals surface area (Å²) in [6, 6.07) is 9.22. The zero-order valence-corrected chi connectivity index (χ0v) is 12.4. The molecule has 6 nitrogen and oxygen atoms in total. The van der Waals surface area contributed by atoms with E-state index in [1.807, 2.05) is 31.2 Å². The van der Waals surface area contributed by atoms with Crippen LogP contribution in [0.3, 0.4) is 0 Å². The Morgan fingerprint density at radius 1 is 1.18 bits per heavy atom. The number of nitrogens with zero attached hydrogens (tertiary/aromatic N) is 1. The van der Waals surface area contributed by atoms with Gasteiger partial charge in [0.2, 0.25) is 5.91 Å². The van der Waals surface area contributed by atoms with E-state index in [2.05, 4.69) is 15.6 Å². The molecule has 3 N–H and O–H groups in total. The van der Waals surface area contributed by atoms with E-state index in [1.54, 1.807) is 0 Å². The monoisotopic (exact) mass is 299 g/mol. The summed E-state index contributed by atoms with van der Waals surface area (Å²) < 4.78 is 0. The number of carbonyl (C=O) groups excluding carboxylic acids is 2. The topological polar surface area (TPSA) is 91.3 Å². The molecule has 0 aliphatic heterocycles. The largest absolute Gasteiger partial charge is 0.505 e. The molecule has 1 aromatic heterocycles.